The minimum atomic E-state index is 0.251. The maximum atomic E-state index is 12.6. The van der Waals surface area contributed by atoms with Crippen LogP contribution in [0, 0.1) is 0 Å². The van der Waals surface area contributed by atoms with E-state index in [0.717, 1.165) is 56.6 Å². The Morgan fingerprint density at radius 2 is 2.00 bits per heavy atom. The fraction of sp³-hybridized carbons (Fsp3) is 0.765. The van der Waals surface area contributed by atoms with Crippen molar-refractivity contribution in [2.45, 2.75) is 44.0 Å². The van der Waals surface area contributed by atoms with Crippen LogP contribution in [0.25, 0.3) is 0 Å². The lowest BCUT2D eigenvalue weighted by molar-refractivity contribution is -0.135. The molecular formula is C17H26N4O2S. The maximum absolute atomic E-state index is 12.6. The first-order valence-corrected chi connectivity index (χ1v) is 9.68. The summed E-state index contributed by atoms with van der Waals surface area (Å²) in [5, 5.41) is 0. The standard InChI is InChI=1S/C17H26N4O2S/c22-17(21-8-6-20(7-9-21)13-2-1-3-13)11-19-5-4-14-15(10-19)23-16(12-24)18-14/h13,24H,1-12H2. The number of oxazole rings is 1. The van der Waals surface area contributed by atoms with Gasteiger partial charge in [0.1, 0.15) is 5.76 Å². The van der Waals surface area contributed by atoms with E-state index in [4.69, 9.17) is 4.42 Å². The average Bonchev–Trinajstić information content (AvgIpc) is 2.96. The van der Waals surface area contributed by atoms with E-state index in [0.29, 0.717) is 24.7 Å². The minimum absolute atomic E-state index is 0.251. The first kappa shape index (κ1) is 16.4. The average molecular weight is 350 g/mol. The normalized spacial score (nSPS) is 23.1. The van der Waals surface area contributed by atoms with Crippen LogP contribution in [-0.2, 0) is 23.5 Å². The van der Waals surface area contributed by atoms with Gasteiger partial charge < -0.3 is 9.32 Å². The van der Waals surface area contributed by atoms with Crippen molar-refractivity contribution < 1.29 is 9.21 Å². The molecule has 24 heavy (non-hydrogen) atoms. The number of aromatic nitrogens is 1. The van der Waals surface area contributed by atoms with Crippen LogP contribution in [0.3, 0.4) is 0 Å². The predicted octanol–water partition coefficient (Wildman–Crippen LogP) is 1.16. The van der Waals surface area contributed by atoms with Crippen LogP contribution in [0.2, 0.25) is 0 Å². The van der Waals surface area contributed by atoms with Crippen molar-refractivity contribution in [2.24, 2.45) is 0 Å². The van der Waals surface area contributed by atoms with Crippen LogP contribution >= 0.6 is 12.6 Å². The molecule has 4 rings (SSSR count). The maximum Gasteiger partial charge on any atom is 0.236 e. The Morgan fingerprint density at radius 3 is 2.67 bits per heavy atom. The molecule has 0 N–H and O–H groups in total. The summed E-state index contributed by atoms with van der Waals surface area (Å²) in [5.74, 6) is 2.37. The second-order valence-electron chi connectivity index (χ2n) is 7.10. The highest BCUT2D eigenvalue weighted by Gasteiger charge is 2.30. The summed E-state index contributed by atoms with van der Waals surface area (Å²) in [7, 11) is 0. The van der Waals surface area contributed by atoms with Crippen LogP contribution in [0.1, 0.15) is 36.6 Å². The molecule has 3 aliphatic rings. The molecule has 1 aromatic rings. The number of carbonyl (C=O) groups is 1. The van der Waals surface area contributed by atoms with Crippen molar-refractivity contribution in [1.29, 1.82) is 0 Å². The fourth-order valence-electron chi connectivity index (χ4n) is 3.88. The summed E-state index contributed by atoms with van der Waals surface area (Å²) in [5.41, 5.74) is 1.04. The molecule has 0 unspecified atom stereocenters. The van der Waals surface area contributed by atoms with Crippen molar-refractivity contribution in [3.05, 3.63) is 17.3 Å². The van der Waals surface area contributed by atoms with E-state index in [1.165, 1.54) is 19.3 Å². The molecule has 3 heterocycles. The summed E-state index contributed by atoms with van der Waals surface area (Å²) < 4.78 is 5.71. The van der Waals surface area contributed by atoms with E-state index >= 15 is 0 Å². The molecule has 1 amide bonds. The third kappa shape index (κ3) is 3.34. The van der Waals surface area contributed by atoms with Gasteiger partial charge in [-0.1, -0.05) is 6.42 Å². The smallest absolute Gasteiger partial charge is 0.236 e. The van der Waals surface area contributed by atoms with Crippen LogP contribution < -0.4 is 0 Å². The van der Waals surface area contributed by atoms with Gasteiger partial charge in [-0.25, -0.2) is 4.98 Å². The van der Waals surface area contributed by atoms with Gasteiger partial charge in [-0.05, 0) is 12.8 Å². The summed E-state index contributed by atoms with van der Waals surface area (Å²) in [6, 6.07) is 0.787. The molecule has 2 fully saturated rings. The molecule has 2 aliphatic heterocycles. The molecule has 7 heteroatoms. The molecule has 0 aromatic carbocycles. The molecule has 1 aliphatic carbocycles. The van der Waals surface area contributed by atoms with Crippen molar-refractivity contribution in [1.82, 2.24) is 19.7 Å². The highest BCUT2D eigenvalue weighted by molar-refractivity contribution is 7.79. The number of hydrogen-bond acceptors (Lipinski definition) is 6. The summed E-state index contributed by atoms with van der Waals surface area (Å²) in [4.78, 5) is 23.8. The van der Waals surface area contributed by atoms with Crippen LogP contribution in [-0.4, -0.2) is 70.9 Å². The summed E-state index contributed by atoms with van der Waals surface area (Å²) >= 11 is 4.21. The van der Waals surface area contributed by atoms with Crippen LogP contribution in [0.4, 0.5) is 0 Å². The van der Waals surface area contributed by atoms with Gasteiger partial charge in [-0.3, -0.25) is 14.6 Å². The Balaban J connectivity index is 1.27. The molecular weight excluding hydrogens is 324 g/mol. The number of thiol groups is 1. The highest BCUT2D eigenvalue weighted by atomic mass is 32.1. The zero-order chi connectivity index (χ0) is 16.5. The van der Waals surface area contributed by atoms with Gasteiger partial charge in [0, 0.05) is 45.2 Å². The molecule has 0 atom stereocenters. The monoisotopic (exact) mass is 350 g/mol. The molecule has 0 bridgehead atoms. The highest BCUT2D eigenvalue weighted by Crippen LogP contribution is 2.25. The van der Waals surface area contributed by atoms with Crippen LogP contribution in [0.15, 0.2) is 4.42 Å². The van der Waals surface area contributed by atoms with E-state index in [9.17, 15) is 4.79 Å². The Bertz CT molecular complexity index is 593. The van der Waals surface area contributed by atoms with Crippen molar-refractivity contribution >= 4 is 18.5 Å². The number of amides is 1. The number of fused-ring (bicyclic) bond motifs is 1. The van der Waals surface area contributed by atoms with Gasteiger partial charge >= 0.3 is 0 Å². The fourth-order valence-corrected chi connectivity index (χ4v) is 4.02. The lowest BCUT2D eigenvalue weighted by Gasteiger charge is -2.43. The zero-order valence-corrected chi connectivity index (χ0v) is 15.0. The zero-order valence-electron chi connectivity index (χ0n) is 14.1. The molecule has 6 nitrogen and oxygen atoms in total. The van der Waals surface area contributed by atoms with Crippen molar-refractivity contribution in [3.63, 3.8) is 0 Å². The van der Waals surface area contributed by atoms with Crippen LogP contribution in [0.5, 0.6) is 0 Å². The summed E-state index contributed by atoms with van der Waals surface area (Å²) in [6.45, 7) is 5.87. The van der Waals surface area contributed by atoms with Gasteiger partial charge in [-0.15, -0.1) is 0 Å². The van der Waals surface area contributed by atoms with Crippen molar-refractivity contribution in [2.75, 3.05) is 39.3 Å². The Kier molecular flexibility index (Phi) is 4.83. The third-order valence-corrected chi connectivity index (χ3v) is 5.88. The van der Waals surface area contributed by atoms with Gasteiger partial charge in [-0.2, -0.15) is 12.6 Å². The van der Waals surface area contributed by atoms with E-state index < -0.39 is 0 Å². The topological polar surface area (TPSA) is 52.8 Å². The molecule has 0 spiro atoms. The van der Waals surface area contributed by atoms with Gasteiger partial charge in [0.15, 0.2) is 0 Å². The molecule has 1 saturated heterocycles. The number of hydrogen-bond donors (Lipinski definition) is 1. The molecule has 1 aromatic heterocycles. The van der Waals surface area contributed by atoms with E-state index in [1.54, 1.807) is 0 Å². The van der Waals surface area contributed by atoms with Crippen molar-refractivity contribution in [3.8, 4) is 0 Å². The first-order valence-electron chi connectivity index (χ1n) is 9.05. The largest absolute Gasteiger partial charge is 0.443 e. The van der Waals surface area contributed by atoms with E-state index in [-0.39, 0.29) is 5.91 Å². The first-order chi connectivity index (χ1) is 11.7. The van der Waals surface area contributed by atoms with E-state index in [1.807, 2.05) is 4.90 Å². The molecule has 132 valence electrons. The Morgan fingerprint density at radius 1 is 1.21 bits per heavy atom. The second kappa shape index (κ2) is 7.06. The SMILES string of the molecule is O=C(CN1CCc2nc(CS)oc2C1)N1CCN(C2CCC2)CC1. The molecule has 0 radical (unpaired) electrons. The minimum Gasteiger partial charge on any atom is -0.443 e. The quantitative estimate of drug-likeness (QED) is 0.826. The van der Waals surface area contributed by atoms with Gasteiger partial charge in [0.05, 0.1) is 24.5 Å². The number of nitrogens with zero attached hydrogens (tertiary/aromatic N) is 4. The number of rotatable bonds is 4. The lowest BCUT2D eigenvalue weighted by atomic mass is 9.91. The summed E-state index contributed by atoms with van der Waals surface area (Å²) in [6.07, 6.45) is 4.91. The van der Waals surface area contributed by atoms with E-state index in [2.05, 4.69) is 27.4 Å². The number of piperazine rings is 1. The third-order valence-electron chi connectivity index (χ3n) is 5.61. The molecule has 1 saturated carbocycles. The number of carbonyl (C=O) groups excluding carboxylic acids is 1. The predicted molar refractivity (Wildman–Crippen MR) is 94.0 cm³/mol. The van der Waals surface area contributed by atoms with Gasteiger partial charge in [0.25, 0.3) is 0 Å². The Hall–Kier alpha value is -1.05. The second-order valence-corrected chi connectivity index (χ2v) is 7.41. The van der Waals surface area contributed by atoms with Gasteiger partial charge in [0.2, 0.25) is 11.8 Å². The Labute approximate surface area is 148 Å². The lowest BCUT2D eigenvalue weighted by Crippen LogP contribution is -2.55.